The molecule has 0 aliphatic carbocycles. The fourth-order valence-corrected chi connectivity index (χ4v) is 0.715. The molecule has 0 unspecified atom stereocenters. The maximum Gasteiger partial charge on any atom is 1.00 e. The topological polar surface area (TPSA) is 35.8 Å². The van der Waals surface area contributed by atoms with Gasteiger partial charge in [-0.25, -0.2) is 0 Å². The molecule has 0 aromatic carbocycles. The van der Waals surface area contributed by atoms with Gasteiger partial charge < -0.3 is 10.0 Å². The second kappa shape index (κ2) is 5.23. The molecule has 1 N–H and O–H groups in total. The predicted molar refractivity (Wildman–Crippen MR) is 32.0 cm³/mol. The van der Waals surface area contributed by atoms with Gasteiger partial charge in [0.2, 0.25) is 0 Å². The largest absolute Gasteiger partial charge is 1.00 e. The first-order chi connectivity index (χ1) is 3.93. The average molecular weight is 137 g/mol. The Balaban J connectivity index is 0.000000640. The van der Waals surface area contributed by atoms with Gasteiger partial charge in [-0.1, -0.05) is 0 Å². The van der Waals surface area contributed by atoms with E-state index in [1.807, 2.05) is 4.90 Å². The predicted octanol–water partition coefficient (Wildman–Crippen LogP) is -3.67. The number of β-amino-alcohol motifs (C(OH)–C–C–N with tert-alkyl or cyclic N) is 1. The molecule has 9 heavy (non-hydrogen) atoms. The summed E-state index contributed by atoms with van der Waals surface area (Å²) >= 11 is 0. The first-order valence-electron chi connectivity index (χ1n) is 2.78. The second-order valence-corrected chi connectivity index (χ2v) is 1.78. The number of hydrogen-bond donors (Lipinski definition) is 1. The zero-order valence-electron chi connectivity index (χ0n) is 5.75. The van der Waals surface area contributed by atoms with Gasteiger partial charge in [-0.15, -0.1) is 0 Å². The molecule has 1 aliphatic heterocycles. The van der Waals surface area contributed by atoms with Crippen LogP contribution < -0.4 is 29.6 Å². The van der Waals surface area contributed by atoms with Crippen LogP contribution in [0.5, 0.6) is 0 Å². The van der Waals surface area contributed by atoms with Crippen molar-refractivity contribution in [3.8, 4) is 0 Å². The van der Waals surface area contributed by atoms with Gasteiger partial charge in [0.1, 0.15) is 0 Å². The van der Waals surface area contributed by atoms with Crippen molar-refractivity contribution < 1.29 is 34.7 Å². The molecule has 0 fully saturated rings. The molecule has 0 aromatic rings. The standard InChI is InChI=1S/C5H10N2O.Na/c8-4-3-7-2-1-6-5-7;/h5,8H,1-4H2;/q;+1. The number of hydrogen-bond acceptors (Lipinski definition) is 3. The second-order valence-electron chi connectivity index (χ2n) is 1.78. The van der Waals surface area contributed by atoms with Gasteiger partial charge in [-0.05, 0) is 0 Å². The summed E-state index contributed by atoms with van der Waals surface area (Å²) in [5.41, 5.74) is 0. The Morgan fingerprint density at radius 3 is 2.89 bits per heavy atom. The van der Waals surface area contributed by atoms with Crippen LogP contribution in [-0.2, 0) is 0 Å². The molecular weight excluding hydrogens is 127 g/mol. The van der Waals surface area contributed by atoms with Gasteiger partial charge in [-0.2, -0.15) is 0 Å². The minimum absolute atomic E-state index is 0. The van der Waals surface area contributed by atoms with Gasteiger partial charge in [0.15, 0.2) is 0 Å². The quantitative estimate of drug-likeness (QED) is 0.398. The van der Waals surface area contributed by atoms with Crippen molar-refractivity contribution in [2.24, 2.45) is 4.99 Å². The van der Waals surface area contributed by atoms with Crippen molar-refractivity contribution in [3.63, 3.8) is 0 Å². The number of nitrogens with zero attached hydrogens (tertiary/aromatic N) is 2. The number of aliphatic hydroxyl groups excluding tert-OH is 1. The van der Waals surface area contributed by atoms with Gasteiger partial charge >= 0.3 is 29.6 Å². The van der Waals surface area contributed by atoms with Gasteiger partial charge in [-0.3, -0.25) is 4.99 Å². The summed E-state index contributed by atoms with van der Waals surface area (Å²) in [6.45, 7) is 2.82. The molecule has 4 heteroatoms. The zero-order valence-corrected chi connectivity index (χ0v) is 7.75. The third-order valence-corrected chi connectivity index (χ3v) is 1.15. The fraction of sp³-hybridized carbons (Fsp3) is 0.800. The normalized spacial score (nSPS) is 15.9. The number of aliphatic imine (C=N–C) groups is 1. The molecule has 0 spiro atoms. The number of rotatable bonds is 2. The van der Waals surface area contributed by atoms with Gasteiger partial charge in [0, 0.05) is 13.1 Å². The van der Waals surface area contributed by atoms with E-state index in [4.69, 9.17) is 5.11 Å². The van der Waals surface area contributed by atoms with Crippen molar-refractivity contribution >= 4 is 6.34 Å². The molecule has 1 rings (SSSR count). The molecule has 0 saturated heterocycles. The van der Waals surface area contributed by atoms with Gasteiger partial charge in [0.25, 0.3) is 0 Å². The molecule has 1 aliphatic rings. The van der Waals surface area contributed by atoms with E-state index in [-0.39, 0.29) is 36.2 Å². The zero-order chi connectivity index (χ0) is 5.82. The first kappa shape index (κ1) is 9.43. The molecule has 0 atom stereocenters. The van der Waals surface area contributed by atoms with Crippen LogP contribution in [-0.4, -0.2) is 42.6 Å². The SMILES string of the molecule is OCCN1C=NCC1.[Na+]. The van der Waals surface area contributed by atoms with E-state index in [0.717, 1.165) is 19.6 Å². The van der Waals surface area contributed by atoms with Gasteiger partial charge in [0.05, 0.1) is 19.5 Å². The van der Waals surface area contributed by atoms with Crippen LogP contribution >= 0.6 is 0 Å². The molecule has 0 bridgehead atoms. The van der Waals surface area contributed by atoms with Crippen LogP contribution in [0.2, 0.25) is 0 Å². The molecule has 1 heterocycles. The van der Waals surface area contributed by atoms with E-state index >= 15 is 0 Å². The maximum absolute atomic E-state index is 8.42. The van der Waals surface area contributed by atoms with Crippen molar-refractivity contribution in [3.05, 3.63) is 0 Å². The van der Waals surface area contributed by atoms with E-state index in [0.29, 0.717) is 0 Å². The summed E-state index contributed by atoms with van der Waals surface area (Å²) in [5, 5.41) is 8.42. The summed E-state index contributed by atoms with van der Waals surface area (Å²) in [6.07, 6.45) is 1.79. The molecular formula is C5H10N2NaO+. The van der Waals surface area contributed by atoms with E-state index in [1.165, 1.54) is 0 Å². The maximum atomic E-state index is 8.42. The van der Waals surface area contributed by atoms with E-state index in [9.17, 15) is 0 Å². The summed E-state index contributed by atoms with van der Waals surface area (Å²) in [4.78, 5) is 5.97. The van der Waals surface area contributed by atoms with Crippen molar-refractivity contribution in [2.75, 3.05) is 26.2 Å². The van der Waals surface area contributed by atoms with Crippen LogP contribution in [0.1, 0.15) is 0 Å². The van der Waals surface area contributed by atoms with Crippen molar-refractivity contribution in [2.45, 2.75) is 0 Å². The van der Waals surface area contributed by atoms with E-state index < -0.39 is 0 Å². The Morgan fingerprint density at radius 1 is 1.67 bits per heavy atom. The molecule has 3 nitrogen and oxygen atoms in total. The summed E-state index contributed by atoms with van der Waals surface area (Å²) in [6, 6.07) is 0. The molecule has 0 aromatic heterocycles. The third kappa shape index (κ3) is 3.20. The Labute approximate surface area is 77.1 Å². The number of aliphatic hydroxyl groups is 1. The molecule has 0 amide bonds. The summed E-state index contributed by atoms with van der Waals surface area (Å²) in [5.74, 6) is 0. The smallest absolute Gasteiger partial charge is 0.395 e. The summed E-state index contributed by atoms with van der Waals surface area (Å²) in [7, 11) is 0. The Bertz CT molecular complexity index is 97.0. The monoisotopic (exact) mass is 137 g/mol. The Hall–Kier alpha value is 0.430. The third-order valence-electron chi connectivity index (χ3n) is 1.15. The van der Waals surface area contributed by atoms with Crippen molar-refractivity contribution in [1.82, 2.24) is 4.90 Å². The summed E-state index contributed by atoms with van der Waals surface area (Å²) < 4.78 is 0. The van der Waals surface area contributed by atoms with Crippen molar-refractivity contribution in [1.29, 1.82) is 0 Å². The van der Waals surface area contributed by atoms with E-state index in [2.05, 4.69) is 4.99 Å². The minimum Gasteiger partial charge on any atom is -0.395 e. The minimum atomic E-state index is 0. The van der Waals surface area contributed by atoms with Crippen LogP contribution in [0, 0.1) is 0 Å². The molecule has 0 saturated carbocycles. The first-order valence-corrected chi connectivity index (χ1v) is 2.78. The van der Waals surface area contributed by atoms with Crippen LogP contribution in [0.4, 0.5) is 0 Å². The van der Waals surface area contributed by atoms with E-state index in [1.54, 1.807) is 6.34 Å². The van der Waals surface area contributed by atoms with Crippen LogP contribution in [0.25, 0.3) is 0 Å². The fourth-order valence-electron chi connectivity index (χ4n) is 0.715. The molecule has 46 valence electrons. The van der Waals surface area contributed by atoms with Crippen LogP contribution in [0.3, 0.4) is 0 Å². The average Bonchev–Trinajstić information content (AvgIpc) is 2.19. The van der Waals surface area contributed by atoms with Crippen LogP contribution in [0.15, 0.2) is 4.99 Å². The Kier molecular flexibility index (Phi) is 5.48. The Morgan fingerprint density at radius 2 is 2.44 bits per heavy atom. The molecule has 0 radical (unpaired) electrons.